The molecule has 55 heavy (non-hydrogen) atoms. The number of piperazine rings is 1. The van der Waals surface area contributed by atoms with Gasteiger partial charge in [-0.3, -0.25) is 19.2 Å². The number of hydrogen-bond donors (Lipinski definition) is 3. The molecule has 4 aromatic heterocycles. The van der Waals surface area contributed by atoms with E-state index in [1.54, 1.807) is 10.6 Å². The molecule has 5 heterocycles. The SMILES string of the molecule is Cc1c(-c2ccn3c(Nc4ccc(N5CCN(C)CC5)cc4C(=O)Nc4nc5ccccc5s4)cnc3c2C(=O)O)cnn1CC12CC3CC(CC(C3)C1)C2. The first-order valence-corrected chi connectivity index (χ1v) is 20.3. The van der Waals surface area contributed by atoms with Gasteiger partial charge in [0.1, 0.15) is 11.4 Å². The molecule has 11 rings (SSSR count). The largest absolute Gasteiger partial charge is 0.478 e. The van der Waals surface area contributed by atoms with Crippen molar-refractivity contribution >= 4 is 61.4 Å². The van der Waals surface area contributed by atoms with Crippen LogP contribution >= 0.6 is 11.3 Å². The van der Waals surface area contributed by atoms with E-state index in [1.165, 1.54) is 49.9 Å². The standard InChI is InChI=1S/C42H45N9O3S/c1-25-32(22-44-51(25)24-42-19-26-15-27(20-42)17-28(16-26)21-42)30-9-10-50-36(23-43-38(50)37(30)40(53)54)45-33-8-7-29(49-13-11-48(2)12-14-49)18-31(33)39(52)47-41-46-34-5-3-4-6-35(34)55-41/h3-10,18,22-23,26-28,45H,11-17,19-21,24H2,1-2H3,(H,53,54)(H,46,47,52). The summed E-state index contributed by atoms with van der Waals surface area (Å²) in [7, 11) is 2.12. The monoisotopic (exact) mass is 755 g/mol. The van der Waals surface area contributed by atoms with Crippen LogP contribution in [0, 0.1) is 30.1 Å². The lowest BCUT2D eigenvalue weighted by Gasteiger charge is -2.56. The number of carbonyl (C=O) groups is 2. The number of nitrogens with zero attached hydrogens (tertiary/aromatic N) is 7. The number of hydrogen-bond acceptors (Lipinski definition) is 9. The number of rotatable bonds is 9. The third-order valence-corrected chi connectivity index (χ3v) is 13.8. The molecule has 0 spiro atoms. The third kappa shape index (κ3) is 6.13. The molecule has 0 unspecified atom stereocenters. The number of anilines is 4. The van der Waals surface area contributed by atoms with Gasteiger partial charge in [-0.25, -0.2) is 14.8 Å². The van der Waals surface area contributed by atoms with Gasteiger partial charge in [0, 0.05) is 61.4 Å². The Morgan fingerprint density at radius 2 is 1.69 bits per heavy atom. The van der Waals surface area contributed by atoms with Gasteiger partial charge in [0.2, 0.25) is 0 Å². The molecule has 4 saturated carbocycles. The molecule has 1 amide bonds. The molecule has 6 aromatic rings. The highest BCUT2D eigenvalue weighted by molar-refractivity contribution is 7.22. The average molecular weight is 756 g/mol. The summed E-state index contributed by atoms with van der Waals surface area (Å²) in [5.41, 5.74) is 5.94. The minimum atomic E-state index is -1.06. The van der Waals surface area contributed by atoms with Gasteiger partial charge in [0.05, 0.1) is 33.9 Å². The Morgan fingerprint density at radius 1 is 0.945 bits per heavy atom. The molecule has 1 aliphatic heterocycles. The lowest BCUT2D eigenvalue weighted by molar-refractivity contribution is -0.0638. The molecular formula is C42H45N9O3S. The van der Waals surface area contributed by atoms with Crippen molar-refractivity contribution in [3.63, 3.8) is 0 Å². The van der Waals surface area contributed by atoms with Crippen molar-refractivity contribution in [2.75, 3.05) is 48.8 Å². The van der Waals surface area contributed by atoms with Crippen LogP contribution in [0.25, 0.3) is 27.0 Å². The van der Waals surface area contributed by atoms with Crippen LogP contribution in [0.4, 0.5) is 22.3 Å². The minimum absolute atomic E-state index is 0.118. The summed E-state index contributed by atoms with van der Waals surface area (Å²) in [6.07, 6.45) is 13.3. The molecule has 4 bridgehead atoms. The number of nitrogens with one attached hydrogen (secondary N) is 2. The first-order chi connectivity index (χ1) is 26.7. The Morgan fingerprint density at radius 3 is 2.42 bits per heavy atom. The second kappa shape index (κ2) is 13.2. The number of fused-ring (bicyclic) bond motifs is 2. The van der Waals surface area contributed by atoms with Crippen molar-refractivity contribution in [2.45, 2.75) is 52.0 Å². The lowest BCUT2D eigenvalue weighted by atomic mass is 9.49. The predicted octanol–water partition coefficient (Wildman–Crippen LogP) is 7.78. The highest BCUT2D eigenvalue weighted by Crippen LogP contribution is 2.60. The van der Waals surface area contributed by atoms with Crippen LogP contribution in [0.15, 0.2) is 67.1 Å². The zero-order valence-corrected chi connectivity index (χ0v) is 32.0. The highest BCUT2D eigenvalue weighted by atomic mass is 32.1. The van der Waals surface area contributed by atoms with Crippen LogP contribution in [0.3, 0.4) is 0 Å². The predicted molar refractivity (Wildman–Crippen MR) is 216 cm³/mol. The van der Waals surface area contributed by atoms with Gasteiger partial charge in [-0.15, -0.1) is 0 Å². The Balaban J connectivity index is 0.967. The highest BCUT2D eigenvalue weighted by Gasteiger charge is 2.51. The maximum Gasteiger partial charge on any atom is 0.340 e. The van der Waals surface area contributed by atoms with Gasteiger partial charge in [-0.1, -0.05) is 23.5 Å². The zero-order valence-electron chi connectivity index (χ0n) is 31.2. The van der Waals surface area contributed by atoms with Crippen molar-refractivity contribution in [3.05, 3.63) is 83.9 Å². The van der Waals surface area contributed by atoms with E-state index in [1.807, 2.05) is 60.9 Å². The maximum atomic E-state index is 14.1. The van der Waals surface area contributed by atoms with E-state index in [-0.39, 0.29) is 11.5 Å². The molecule has 282 valence electrons. The Bertz CT molecular complexity index is 2410. The van der Waals surface area contributed by atoms with Crippen LogP contribution in [0.1, 0.15) is 64.9 Å². The molecule has 2 aromatic carbocycles. The lowest BCUT2D eigenvalue weighted by Crippen LogP contribution is -2.48. The summed E-state index contributed by atoms with van der Waals surface area (Å²) in [5, 5.41) is 22.5. The van der Waals surface area contributed by atoms with Gasteiger partial charge >= 0.3 is 5.97 Å². The number of pyridine rings is 1. The van der Waals surface area contributed by atoms with E-state index in [4.69, 9.17) is 5.10 Å². The molecule has 0 radical (unpaired) electrons. The van der Waals surface area contributed by atoms with Gasteiger partial charge in [-0.2, -0.15) is 5.10 Å². The third-order valence-electron chi connectivity index (χ3n) is 12.8. The first-order valence-electron chi connectivity index (χ1n) is 19.5. The number of carboxylic acid groups (broad SMARTS) is 1. The van der Waals surface area contributed by atoms with Crippen LogP contribution in [0.2, 0.25) is 0 Å². The van der Waals surface area contributed by atoms with Gasteiger partial charge in [-0.05, 0) is 112 Å². The van der Waals surface area contributed by atoms with Crippen LogP contribution < -0.4 is 15.5 Å². The van der Waals surface area contributed by atoms with Crippen LogP contribution in [-0.2, 0) is 6.54 Å². The molecule has 12 nitrogen and oxygen atoms in total. The summed E-state index contributed by atoms with van der Waals surface area (Å²) in [4.78, 5) is 40.9. The van der Waals surface area contributed by atoms with E-state index < -0.39 is 5.97 Å². The fourth-order valence-corrected chi connectivity index (χ4v) is 11.4. The summed E-state index contributed by atoms with van der Waals surface area (Å²) in [5.74, 6) is 1.75. The second-order valence-corrected chi connectivity index (χ2v) is 17.6. The fraction of sp³-hybridized carbons (Fsp3) is 0.405. The average Bonchev–Trinajstić information content (AvgIpc) is 3.87. The summed E-state index contributed by atoms with van der Waals surface area (Å²) in [6, 6.07) is 15.5. The summed E-state index contributed by atoms with van der Waals surface area (Å²) >= 11 is 1.43. The number of imidazole rings is 1. The second-order valence-electron chi connectivity index (χ2n) is 16.6. The summed E-state index contributed by atoms with van der Waals surface area (Å²) < 4.78 is 4.86. The van der Waals surface area contributed by atoms with Crippen molar-refractivity contribution < 1.29 is 14.7 Å². The smallest absolute Gasteiger partial charge is 0.340 e. The zero-order chi connectivity index (χ0) is 37.4. The van der Waals surface area contributed by atoms with E-state index in [0.717, 1.165) is 77.6 Å². The number of carboxylic acids is 1. The topological polar surface area (TPSA) is 133 Å². The van der Waals surface area contributed by atoms with Crippen molar-refractivity contribution in [2.24, 2.45) is 23.2 Å². The number of amides is 1. The van der Waals surface area contributed by atoms with Gasteiger partial charge in [0.25, 0.3) is 5.91 Å². The molecule has 3 N–H and O–H groups in total. The van der Waals surface area contributed by atoms with Crippen LogP contribution in [-0.4, -0.2) is 79.3 Å². The molecule has 5 fully saturated rings. The van der Waals surface area contributed by atoms with E-state index >= 15 is 0 Å². The van der Waals surface area contributed by atoms with E-state index in [2.05, 4.69) is 49.1 Å². The molecular weight excluding hydrogens is 711 g/mol. The number of carbonyl (C=O) groups excluding carboxylic acids is 1. The Labute approximate surface area is 323 Å². The number of aromatic nitrogens is 5. The number of thiazole rings is 1. The molecule has 13 heteroatoms. The molecule has 5 aliphatic rings. The van der Waals surface area contributed by atoms with Gasteiger partial charge in [0.15, 0.2) is 10.8 Å². The Hall–Kier alpha value is -5.27. The number of aromatic carboxylic acids is 1. The summed E-state index contributed by atoms with van der Waals surface area (Å²) in [6.45, 7) is 6.54. The van der Waals surface area contributed by atoms with Gasteiger partial charge < -0.3 is 20.2 Å². The minimum Gasteiger partial charge on any atom is -0.478 e. The van der Waals surface area contributed by atoms with E-state index in [9.17, 15) is 14.7 Å². The number of likely N-dealkylation sites (N-methyl/N-ethyl adjacent to an activating group) is 1. The van der Waals surface area contributed by atoms with Crippen LogP contribution in [0.5, 0.6) is 0 Å². The molecule has 4 aliphatic carbocycles. The van der Waals surface area contributed by atoms with Crippen molar-refractivity contribution in [1.82, 2.24) is 29.0 Å². The Kier molecular flexibility index (Phi) is 8.21. The molecule has 0 atom stereocenters. The first kappa shape index (κ1) is 34.2. The quantitative estimate of drug-likeness (QED) is 0.135. The fourth-order valence-electron chi connectivity index (χ4n) is 10.6. The van der Waals surface area contributed by atoms with Crippen molar-refractivity contribution in [1.29, 1.82) is 0 Å². The van der Waals surface area contributed by atoms with Crippen molar-refractivity contribution in [3.8, 4) is 11.1 Å². The maximum absolute atomic E-state index is 14.1. The number of para-hydroxylation sites is 1. The van der Waals surface area contributed by atoms with E-state index in [0.29, 0.717) is 38.8 Å². The number of benzene rings is 2. The molecule has 1 saturated heterocycles. The normalized spacial score (nSPS) is 23.5.